The Balaban J connectivity index is 1.77. The van der Waals surface area contributed by atoms with Gasteiger partial charge >= 0.3 is 6.18 Å². The summed E-state index contributed by atoms with van der Waals surface area (Å²) in [6, 6.07) is 3.32. The maximum Gasteiger partial charge on any atom is 0.419 e. The first kappa shape index (κ1) is 13.7. The lowest BCUT2D eigenvalue weighted by Crippen LogP contribution is -2.39. The quantitative estimate of drug-likeness (QED) is 0.840. The van der Waals surface area contributed by atoms with Crippen LogP contribution in [0.2, 0.25) is 0 Å². The van der Waals surface area contributed by atoms with Crippen LogP contribution in [0.3, 0.4) is 0 Å². The third-order valence-electron chi connectivity index (χ3n) is 4.26. The topological polar surface area (TPSA) is 15.3 Å². The monoisotopic (exact) mass is 288 g/mol. The van der Waals surface area contributed by atoms with Crippen LogP contribution in [0, 0.1) is 11.7 Å². The van der Waals surface area contributed by atoms with Crippen molar-refractivity contribution >= 4 is 5.69 Å². The molecule has 3 atom stereocenters. The Morgan fingerprint density at radius 2 is 1.90 bits per heavy atom. The lowest BCUT2D eigenvalue weighted by Gasteiger charge is -2.31. The van der Waals surface area contributed by atoms with Crippen molar-refractivity contribution in [2.45, 2.75) is 25.1 Å². The zero-order chi connectivity index (χ0) is 14.3. The van der Waals surface area contributed by atoms with Crippen molar-refractivity contribution in [1.29, 1.82) is 0 Å². The second-order valence-electron chi connectivity index (χ2n) is 5.58. The van der Waals surface area contributed by atoms with Gasteiger partial charge in [-0.05, 0) is 43.5 Å². The fraction of sp³-hybridized carbons (Fsp3) is 0.571. The Kier molecular flexibility index (Phi) is 3.36. The highest BCUT2D eigenvalue weighted by atomic mass is 19.4. The molecule has 2 nitrogen and oxygen atoms in total. The summed E-state index contributed by atoms with van der Waals surface area (Å²) in [5.41, 5.74) is -0.851. The van der Waals surface area contributed by atoms with Crippen LogP contribution in [-0.4, -0.2) is 30.6 Å². The van der Waals surface area contributed by atoms with Crippen molar-refractivity contribution in [3.8, 4) is 0 Å². The molecule has 3 rings (SSSR count). The van der Waals surface area contributed by atoms with Crippen LogP contribution in [0.5, 0.6) is 0 Å². The fourth-order valence-electron chi connectivity index (χ4n) is 3.19. The van der Waals surface area contributed by atoms with Crippen LogP contribution in [0.4, 0.5) is 23.2 Å². The van der Waals surface area contributed by atoms with Crippen LogP contribution in [-0.2, 0) is 6.18 Å². The van der Waals surface area contributed by atoms with E-state index < -0.39 is 17.6 Å². The Hall–Kier alpha value is -1.30. The highest BCUT2D eigenvalue weighted by Crippen LogP contribution is 2.34. The van der Waals surface area contributed by atoms with Crippen LogP contribution in [0.25, 0.3) is 0 Å². The number of benzene rings is 1. The maximum absolute atomic E-state index is 13.2. The summed E-state index contributed by atoms with van der Waals surface area (Å²) in [6.07, 6.45) is -2.66. The predicted molar refractivity (Wildman–Crippen MR) is 68.0 cm³/mol. The van der Waals surface area contributed by atoms with Crippen LogP contribution >= 0.6 is 0 Å². The van der Waals surface area contributed by atoms with Crippen LogP contribution in [0.15, 0.2) is 18.2 Å². The molecule has 1 N–H and O–H groups in total. The zero-order valence-corrected chi connectivity index (χ0v) is 10.9. The van der Waals surface area contributed by atoms with E-state index >= 15 is 0 Å². The second kappa shape index (κ2) is 4.91. The summed E-state index contributed by atoms with van der Waals surface area (Å²) < 4.78 is 51.3. The minimum atomic E-state index is -4.65. The summed E-state index contributed by atoms with van der Waals surface area (Å²) in [7, 11) is 0. The van der Waals surface area contributed by atoms with Gasteiger partial charge in [0.2, 0.25) is 0 Å². The van der Waals surface area contributed by atoms with Gasteiger partial charge in [-0.2, -0.15) is 13.2 Å². The molecule has 0 spiro atoms. The summed E-state index contributed by atoms with van der Waals surface area (Å²) in [5.74, 6) is -0.748. The van der Waals surface area contributed by atoms with Gasteiger partial charge in [0.25, 0.3) is 0 Å². The number of nitrogens with zero attached hydrogens (tertiary/aromatic N) is 1. The number of nitrogens with one attached hydrogen (secondary N) is 1. The molecule has 1 aromatic rings. The molecule has 0 saturated carbocycles. The Bertz CT molecular complexity index is 500. The standard InChI is InChI=1S/C14H16F4N2/c15-12-2-1-10(7-11(12)14(16,17)18)19-13-4-6-20-5-3-9(13)8-20/h1-2,7,9,13,19H,3-6,8H2. The van der Waals surface area contributed by atoms with Crippen LogP contribution in [0.1, 0.15) is 18.4 Å². The number of hydrogen-bond acceptors (Lipinski definition) is 2. The van der Waals surface area contributed by atoms with Crippen molar-refractivity contribution in [3.05, 3.63) is 29.6 Å². The van der Waals surface area contributed by atoms with Crippen molar-refractivity contribution in [2.24, 2.45) is 5.92 Å². The normalized spacial score (nSPS) is 29.5. The summed E-state index contributed by atoms with van der Waals surface area (Å²) >= 11 is 0. The average Bonchev–Trinajstić information content (AvgIpc) is 2.77. The number of fused-ring (bicyclic) bond motifs is 2. The van der Waals surface area contributed by atoms with E-state index in [1.165, 1.54) is 6.07 Å². The van der Waals surface area contributed by atoms with E-state index in [9.17, 15) is 17.6 Å². The minimum absolute atomic E-state index is 0.181. The van der Waals surface area contributed by atoms with Gasteiger partial charge in [-0.1, -0.05) is 0 Å². The maximum atomic E-state index is 13.2. The van der Waals surface area contributed by atoms with E-state index in [1.807, 2.05) is 0 Å². The summed E-state index contributed by atoms with van der Waals surface area (Å²) in [5, 5.41) is 3.15. The van der Waals surface area contributed by atoms with Crippen molar-refractivity contribution in [1.82, 2.24) is 4.90 Å². The molecule has 1 aromatic carbocycles. The number of anilines is 1. The molecule has 0 aromatic heterocycles. The van der Waals surface area contributed by atoms with Gasteiger partial charge < -0.3 is 10.2 Å². The van der Waals surface area contributed by atoms with Gasteiger partial charge in [-0.3, -0.25) is 0 Å². The van der Waals surface area contributed by atoms with Gasteiger partial charge in [-0.25, -0.2) is 4.39 Å². The first-order chi connectivity index (χ1) is 9.43. The molecule has 3 unspecified atom stereocenters. The van der Waals surface area contributed by atoms with Gasteiger partial charge in [0, 0.05) is 24.8 Å². The lowest BCUT2D eigenvalue weighted by atomic mass is 9.94. The van der Waals surface area contributed by atoms with E-state index in [1.54, 1.807) is 0 Å². The molecule has 2 heterocycles. The third kappa shape index (κ3) is 2.61. The van der Waals surface area contributed by atoms with E-state index in [4.69, 9.17) is 0 Å². The van der Waals surface area contributed by atoms with E-state index in [0.717, 1.165) is 44.6 Å². The fourth-order valence-corrected chi connectivity index (χ4v) is 3.19. The lowest BCUT2D eigenvalue weighted by molar-refractivity contribution is -0.139. The highest BCUT2D eigenvalue weighted by Gasteiger charge is 2.36. The summed E-state index contributed by atoms with van der Waals surface area (Å²) in [4.78, 5) is 2.37. The number of halogens is 4. The van der Waals surface area contributed by atoms with Crippen molar-refractivity contribution in [2.75, 3.05) is 25.0 Å². The first-order valence-electron chi connectivity index (χ1n) is 6.79. The third-order valence-corrected chi connectivity index (χ3v) is 4.26. The molecule has 110 valence electrons. The van der Waals surface area contributed by atoms with E-state index in [0.29, 0.717) is 11.6 Å². The second-order valence-corrected chi connectivity index (χ2v) is 5.58. The molecular weight excluding hydrogens is 272 g/mol. The number of piperidine rings is 1. The average molecular weight is 288 g/mol. The van der Waals surface area contributed by atoms with Gasteiger partial charge in [-0.15, -0.1) is 0 Å². The Labute approximate surface area is 114 Å². The van der Waals surface area contributed by atoms with E-state index in [2.05, 4.69) is 10.2 Å². The van der Waals surface area contributed by atoms with Crippen molar-refractivity contribution in [3.63, 3.8) is 0 Å². The molecular formula is C14H16F4N2. The minimum Gasteiger partial charge on any atom is -0.382 e. The number of rotatable bonds is 2. The van der Waals surface area contributed by atoms with E-state index in [-0.39, 0.29) is 6.04 Å². The Morgan fingerprint density at radius 1 is 1.15 bits per heavy atom. The van der Waals surface area contributed by atoms with Gasteiger partial charge in [0.15, 0.2) is 0 Å². The smallest absolute Gasteiger partial charge is 0.382 e. The molecule has 2 bridgehead atoms. The number of hydrogen-bond donors (Lipinski definition) is 1. The summed E-state index contributed by atoms with van der Waals surface area (Å²) in [6.45, 7) is 3.05. The molecule has 0 aliphatic carbocycles. The molecule has 2 aliphatic heterocycles. The molecule has 2 saturated heterocycles. The SMILES string of the molecule is Fc1ccc(NC2CCN3CCC2C3)cc1C(F)(F)F. The van der Waals surface area contributed by atoms with Crippen molar-refractivity contribution < 1.29 is 17.6 Å². The highest BCUT2D eigenvalue weighted by molar-refractivity contribution is 5.48. The predicted octanol–water partition coefficient (Wildman–Crippen LogP) is 3.35. The molecule has 0 radical (unpaired) electrons. The molecule has 2 aliphatic rings. The number of alkyl halides is 3. The molecule has 20 heavy (non-hydrogen) atoms. The molecule has 2 fully saturated rings. The van der Waals surface area contributed by atoms with Gasteiger partial charge in [0.05, 0.1) is 5.56 Å². The zero-order valence-electron chi connectivity index (χ0n) is 10.9. The first-order valence-corrected chi connectivity index (χ1v) is 6.79. The van der Waals surface area contributed by atoms with Crippen LogP contribution < -0.4 is 5.32 Å². The molecule has 0 amide bonds. The van der Waals surface area contributed by atoms with Gasteiger partial charge in [0.1, 0.15) is 5.82 Å². The molecule has 6 heteroatoms. The Morgan fingerprint density at radius 3 is 2.65 bits per heavy atom. The largest absolute Gasteiger partial charge is 0.419 e.